The number of ether oxygens (including phenoxy) is 2. The van der Waals surface area contributed by atoms with Crippen LogP contribution in [-0.4, -0.2) is 49.6 Å². The van der Waals surface area contributed by atoms with E-state index in [9.17, 15) is 18.0 Å². The van der Waals surface area contributed by atoms with Crippen molar-refractivity contribution in [2.24, 2.45) is 0 Å². The molecule has 1 saturated heterocycles. The number of halogens is 3. The Labute approximate surface area is 189 Å². The Balaban J connectivity index is 1.98. The number of nitrogens with zero attached hydrogens (tertiary/aromatic N) is 1. The second-order valence-electron chi connectivity index (χ2n) is 7.06. The molecule has 0 spiro atoms. The summed E-state index contributed by atoms with van der Waals surface area (Å²) in [5.41, 5.74) is 0.906. The van der Waals surface area contributed by atoms with Crippen molar-refractivity contribution in [1.29, 1.82) is 0 Å². The lowest BCUT2D eigenvalue weighted by Gasteiger charge is -2.25. The fourth-order valence-electron chi connectivity index (χ4n) is 3.26. The molecule has 3 rings (SSSR count). The van der Waals surface area contributed by atoms with Crippen molar-refractivity contribution in [2.75, 3.05) is 38.8 Å². The minimum Gasteiger partial charge on any atom is -0.493 e. The highest BCUT2D eigenvalue weighted by Crippen LogP contribution is 2.32. The lowest BCUT2D eigenvalue weighted by molar-refractivity contribution is -0.137. The van der Waals surface area contributed by atoms with Gasteiger partial charge in [0.05, 0.1) is 19.8 Å². The minimum absolute atomic E-state index is 0.135. The number of alkyl halides is 3. The molecule has 0 aliphatic carbocycles. The monoisotopic (exact) mass is 463 g/mol. The number of benzene rings is 2. The molecule has 1 amide bonds. The summed E-state index contributed by atoms with van der Waals surface area (Å²) in [6.45, 7) is 1.33. The van der Waals surface area contributed by atoms with Gasteiger partial charge in [-0.15, -0.1) is 0 Å². The quantitative estimate of drug-likeness (QED) is 0.425. The maximum absolute atomic E-state index is 13.1. The molecule has 0 unspecified atom stereocenters. The number of hydrogen-bond donors (Lipinski definition) is 0. The lowest BCUT2D eigenvalue weighted by atomic mass is 10.0. The number of carbonyl (C=O) groups excluding carboxylic acids is 1. The van der Waals surface area contributed by atoms with E-state index in [-0.39, 0.29) is 5.91 Å². The summed E-state index contributed by atoms with van der Waals surface area (Å²) >= 11 is 1.80. The molecule has 1 aliphatic heterocycles. The van der Waals surface area contributed by atoms with E-state index in [4.69, 9.17) is 9.47 Å². The third kappa shape index (κ3) is 6.09. The molecule has 1 heterocycles. The van der Waals surface area contributed by atoms with Crippen LogP contribution in [0.5, 0.6) is 11.5 Å². The first-order chi connectivity index (χ1) is 15.3. The van der Waals surface area contributed by atoms with Crippen molar-refractivity contribution in [3.05, 3.63) is 71.3 Å². The van der Waals surface area contributed by atoms with Gasteiger partial charge in [0, 0.05) is 30.7 Å². The Morgan fingerprint density at radius 3 is 2.41 bits per heavy atom. The average molecular weight is 464 g/mol. The van der Waals surface area contributed by atoms with Gasteiger partial charge < -0.3 is 14.4 Å². The molecule has 0 aromatic heterocycles. The zero-order valence-corrected chi connectivity index (χ0v) is 18.6. The largest absolute Gasteiger partial charge is 0.493 e. The molecule has 8 heteroatoms. The number of hydrogen-bond acceptors (Lipinski definition) is 4. The van der Waals surface area contributed by atoms with Crippen LogP contribution in [0.3, 0.4) is 0 Å². The summed E-state index contributed by atoms with van der Waals surface area (Å²) in [7, 11) is 3.04. The van der Waals surface area contributed by atoms with Gasteiger partial charge in [0.1, 0.15) is 0 Å². The van der Waals surface area contributed by atoms with Crippen molar-refractivity contribution in [3.63, 3.8) is 0 Å². The van der Waals surface area contributed by atoms with Crippen molar-refractivity contribution in [2.45, 2.75) is 6.18 Å². The minimum atomic E-state index is -4.42. The van der Waals surface area contributed by atoms with Gasteiger partial charge in [-0.05, 0) is 41.0 Å². The van der Waals surface area contributed by atoms with Crippen LogP contribution in [0.2, 0.25) is 0 Å². The van der Waals surface area contributed by atoms with Crippen molar-refractivity contribution in [1.82, 2.24) is 4.90 Å². The molecule has 0 saturated carbocycles. The van der Waals surface area contributed by atoms with E-state index in [0.717, 1.165) is 23.6 Å². The van der Waals surface area contributed by atoms with E-state index >= 15 is 0 Å². The molecule has 1 fully saturated rings. The molecule has 2 aromatic rings. The second-order valence-corrected chi connectivity index (χ2v) is 8.29. The van der Waals surface area contributed by atoms with E-state index in [0.29, 0.717) is 41.3 Å². The predicted molar refractivity (Wildman–Crippen MR) is 122 cm³/mol. The van der Waals surface area contributed by atoms with Crippen molar-refractivity contribution in [3.8, 4) is 11.5 Å². The topological polar surface area (TPSA) is 38.8 Å². The van der Waals surface area contributed by atoms with Crippen LogP contribution in [-0.2, 0) is 11.0 Å². The van der Waals surface area contributed by atoms with Crippen LogP contribution in [0, 0.1) is 0 Å². The molecule has 32 heavy (non-hydrogen) atoms. The predicted octanol–water partition coefficient (Wildman–Crippen LogP) is 5.39. The third-order valence-electron chi connectivity index (χ3n) is 4.99. The standard InChI is InChI=1S/C24H24F3NO3S/c1-30-21-9-8-18(15-22(21)31-2)19(16-23(29)28-10-12-32-13-11-28)7-6-17-4-3-5-20(14-17)24(25,26)27/h3-9,14-16H,10-13H2,1-2H3/b7-6+,19-16-. The third-order valence-corrected chi connectivity index (χ3v) is 5.93. The maximum atomic E-state index is 13.1. The van der Waals surface area contributed by atoms with E-state index in [1.54, 1.807) is 53.1 Å². The number of methoxy groups -OCH3 is 2. The van der Waals surface area contributed by atoms with Gasteiger partial charge in [0.15, 0.2) is 11.5 Å². The summed E-state index contributed by atoms with van der Waals surface area (Å²) in [5, 5.41) is 0. The molecule has 0 atom stereocenters. The molecule has 0 bridgehead atoms. The van der Waals surface area contributed by atoms with Crippen LogP contribution in [0.25, 0.3) is 11.6 Å². The number of allylic oxidation sites excluding steroid dienone is 2. The first kappa shape index (κ1) is 23.8. The number of amides is 1. The van der Waals surface area contributed by atoms with E-state index in [1.807, 2.05) is 0 Å². The maximum Gasteiger partial charge on any atom is 0.416 e. The Morgan fingerprint density at radius 1 is 1.03 bits per heavy atom. The van der Waals surface area contributed by atoms with Crippen LogP contribution in [0.4, 0.5) is 13.2 Å². The van der Waals surface area contributed by atoms with Crippen LogP contribution in [0.1, 0.15) is 16.7 Å². The summed E-state index contributed by atoms with van der Waals surface area (Å²) in [6, 6.07) is 10.3. The van der Waals surface area contributed by atoms with E-state index < -0.39 is 11.7 Å². The highest BCUT2D eigenvalue weighted by Gasteiger charge is 2.30. The van der Waals surface area contributed by atoms with Crippen molar-refractivity contribution >= 4 is 29.3 Å². The van der Waals surface area contributed by atoms with Crippen LogP contribution >= 0.6 is 11.8 Å². The summed E-state index contributed by atoms with van der Waals surface area (Å²) in [6.07, 6.45) is 0.305. The fraction of sp³-hybridized carbons (Fsp3) is 0.292. The second kappa shape index (κ2) is 10.6. The fourth-order valence-corrected chi connectivity index (χ4v) is 4.16. The first-order valence-electron chi connectivity index (χ1n) is 9.98. The highest BCUT2D eigenvalue weighted by atomic mass is 32.2. The summed E-state index contributed by atoms with van der Waals surface area (Å²) in [4.78, 5) is 14.6. The zero-order chi connectivity index (χ0) is 23.1. The van der Waals surface area contributed by atoms with Crippen LogP contribution in [0.15, 0.2) is 54.6 Å². The Kier molecular flexibility index (Phi) is 7.90. The number of rotatable bonds is 6. The lowest BCUT2D eigenvalue weighted by Crippen LogP contribution is -2.36. The van der Waals surface area contributed by atoms with Gasteiger partial charge in [0.2, 0.25) is 5.91 Å². The SMILES string of the molecule is COc1ccc(C(=C\C(=O)N2CCSCC2)/C=C/c2cccc(C(F)(F)F)c2)cc1OC. The normalized spacial score (nSPS) is 15.2. The molecule has 170 valence electrons. The Hall–Kier alpha value is -2.87. The Bertz CT molecular complexity index is 1010. The first-order valence-corrected chi connectivity index (χ1v) is 11.1. The molecule has 2 aromatic carbocycles. The summed E-state index contributed by atoms with van der Waals surface area (Å²) in [5.74, 6) is 2.65. The zero-order valence-electron chi connectivity index (χ0n) is 17.8. The van der Waals surface area contributed by atoms with Crippen molar-refractivity contribution < 1.29 is 27.4 Å². The van der Waals surface area contributed by atoms with E-state index in [1.165, 1.54) is 26.4 Å². The van der Waals surface area contributed by atoms with Crippen LogP contribution < -0.4 is 9.47 Å². The van der Waals surface area contributed by atoms with Gasteiger partial charge in [0.25, 0.3) is 0 Å². The summed E-state index contributed by atoms with van der Waals surface area (Å²) < 4.78 is 49.8. The number of thioether (sulfide) groups is 1. The molecular formula is C24H24F3NO3S. The number of carbonyl (C=O) groups is 1. The molecule has 4 nitrogen and oxygen atoms in total. The van der Waals surface area contributed by atoms with Gasteiger partial charge in [-0.2, -0.15) is 24.9 Å². The molecule has 0 N–H and O–H groups in total. The van der Waals surface area contributed by atoms with Gasteiger partial charge in [-0.3, -0.25) is 4.79 Å². The van der Waals surface area contributed by atoms with Gasteiger partial charge in [-0.25, -0.2) is 0 Å². The van der Waals surface area contributed by atoms with Gasteiger partial charge in [-0.1, -0.05) is 30.4 Å². The highest BCUT2D eigenvalue weighted by molar-refractivity contribution is 7.99. The smallest absolute Gasteiger partial charge is 0.416 e. The van der Waals surface area contributed by atoms with Gasteiger partial charge >= 0.3 is 6.18 Å². The molecule has 1 aliphatic rings. The Morgan fingerprint density at radius 2 is 1.75 bits per heavy atom. The molecule has 0 radical (unpaired) electrons. The van der Waals surface area contributed by atoms with E-state index in [2.05, 4.69) is 0 Å². The molecular weight excluding hydrogens is 439 g/mol. The average Bonchev–Trinajstić information content (AvgIpc) is 2.81.